The molecule has 0 aliphatic heterocycles. The molecule has 0 radical (unpaired) electrons. The van der Waals surface area contributed by atoms with Gasteiger partial charge in [-0.25, -0.2) is 8.78 Å². The highest BCUT2D eigenvalue weighted by molar-refractivity contribution is 5.98. The maximum absolute atomic E-state index is 13.3. The topological polar surface area (TPSA) is 68.0 Å². The number of hydrogen-bond acceptors (Lipinski definition) is 3. The first-order chi connectivity index (χ1) is 9.08. The highest BCUT2D eigenvalue weighted by Crippen LogP contribution is 2.11. The van der Waals surface area contributed by atoms with Crippen LogP contribution in [0.5, 0.6) is 0 Å². The lowest BCUT2D eigenvalue weighted by Crippen LogP contribution is -2.24. The molecule has 1 aromatic carbocycles. The van der Waals surface area contributed by atoms with Crippen molar-refractivity contribution in [2.24, 2.45) is 0 Å². The number of carbonyl (C=O) groups excluding carboxylic acids is 1. The number of nitrogens with one attached hydrogen (secondary N) is 1. The normalized spacial score (nSPS) is 10.2. The van der Waals surface area contributed by atoms with Crippen molar-refractivity contribution in [2.45, 2.75) is 6.54 Å². The van der Waals surface area contributed by atoms with Crippen LogP contribution in [0, 0.1) is 11.6 Å². The Hall–Kier alpha value is -2.50. The minimum atomic E-state index is -0.579. The van der Waals surface area contributed by atoms with Crippen molar-refractivity contribution in [3.05, 3.63) is 59.4 Å². The fourth-order valence-corrected chi connectivity index (χ4v) is 1.56. The average Bonchev–Trinajstić information content (AvgIpc) is 2.40. The minimum absolute atomic E-state index is 0.0703. The van der Waals surface area contributed by atoms with Gasteiger partial charge in [-0.05, 0) is 24.3 Å². The number of pyridine rings is 1. The van der Waals surface area contributed by atoms with Crippen molar-refractivity contribution in [3.63, 3.8) is 0 Å². The van der Waals surface area contributed by atoms with Gasteiger partial charge in [-0.15, -0.1) is 0 Å². The molecule has 0 atom stereocenters. The predicted molar refractivity (Wildman–Crippen MR) is 66.2 cm³/mol. The Balaban J connectivity index is 2.09. The summed E-state index contributed by atoms with van der Waals surface area (Å²) in [6, 6.07) is 4.51. The van der Waals surface area contributed by atoms with E-state index in [1.807, 2.05) is 0 Å². The fourth-order valence-electron chi connectivity index (χ4n) is 1.56. The Morgan fingerprint density at radius 1 is 1.32 bits per heavy atom. The van der Waals surface area contributed by atoms with Crippen LogP contribution in [0.1, 0.15) is 15.9 Å². The molecule has 0 fully saturated rings. The van der Waals surface area contributed by atoms with E-state index in [0.29, 0.717) is 0 Å². The molecule has 0 saturated carbocycles. The number of halogens is 2. The highest BCUT2D eigenvalue weighted by Gasteiger charge is 2.10. The molecule has 0 unspecified atom stereocenters. The Labute approximate surface area is 108 Å². The number of nitrogen functional groups attached to an aromatic ring is 1. The van der Waals surface area contributed by atoms with E-state index in [4.69, 9.17) is 5.73 Å². The van der Waals surface area contributed by atoms with E-state index in [0.717, 1.165) is 18.2 Å². The van der Waals surface area contributed by atoms with Gasteiger partial charge < -0.3 is 11.1 Å². The van der Waals surface area contributed by atoms with Crippen molar-refractivity contribution >= 4 is 11.6 Å². The van der Waals surface area contributed by atoms with Crippen molar-refractivity contribution in [2.75, 3.05) is 5.73 Å². The van der Waals surface area contributed by atoms with Crippen LogP contribution < -0.4 is 11.1 Å². The molecule has 0 spiro atoms. The number of hydrogen-bond donors (Lipinski definition) is 2. The van der Waals surface area contributed by atoms with Crippen LogP contribution in [-0.2, 0) is 6.54 Å². The van der Waals surface area contributed by atoms with Gasteiger partial charge in [0.1, 0.15) is 11.6 Å². The zero-order valence-electron chi connectivity index (χ0n) is 9.86. The first-order valence-corrected chi connectivity index (χ1v) is 5.49. The van der Waals surface area contributed by atoms with Crippen LogP contribution in [0.3, 0.4) is 0 Å². The number of carbonyl (C=O) groups is 1. The number of anilines is 1. The lowest BCUT2D eigenvalue weighted by Gasteiger charge is -2.08. The van der Waals surface area contributed by atoms with Crippen LogP contribution in [0.4, 0.5) is 14.5 Å². The molecule has 1 amide bonds. The molecular weight excluding hydrogens is 252 g/mol. The second-order valence-corrected chi connectivity index (χ2v) is 3.88. The Bertz CT molecular complexity index is 617. The highest BCUT2D eigenvalue weighted by atomic mass is 19.1. The molecule has 2 aromatic rings. The Morgan fingerprint density at radius 3 is 2.84 bits per heavy atom. The molecule has 4 nitrogen and oxygen atoms in total. The largest absolute Gasteiger partial charge is 0.397 e. The van der Waals surface area contributed by atoms with E-state index in [1.165, 1.54) is 18.5 Å². The Kier molecular flexibility index (Phi) is 3.70. The minimum Gasteiger partial charge on any atom is -0.397 e. The second kappa shape index (κ2) is 5.43. The third kappa shape index (κ3) is 3.04. The van der Waals surface area contributed by atoms with Gasteiger partial charge in [0.15, 0.2) is 0 Å². The van der Waals surface area contributed by atoms with Crippen LogP contribution >= 0.6 is 0 Å². The van der Waals surface area contributed by atoms with Crippen molar-refractivity contribution in [1.82, 2.24) is 10.3 Å². The first kappa shape index (κ1) is 12.9. The zero-order chi connectivity index (χ0) is 13.8. The molecule has 0 saturated heterocycles. The fraction of sp³-hybridized carbons (Fsp3) is 0.0769. The van der Waals surface area contributed by atoms with Gasteiger partial charge in [0.25, 0.3) is 5.91 Å². The summed E-state index contributed by atoms with van der Waals surface area (Å²) in [6.45, 7) is -0.121. The SMILES string of the molecule is Nc1cnccc1C(=O)NCc1cc(F)ccc1F. The summed E-state index contributed by atoms with van der Waals surface area (Å²) in [6.07, 6.45) is 2.77. The number of benzene rings is 1. The zero-order valence-corrected chi connectivity index (χ0v) is 9.86. The number of nitrogens with zero attached hydrogens (tertiary/aromatic N) is 1. The molecule has 3 N–H and O–H groups in total. The average molecular weight is 263 g/mol. The third-order valence-electron chi connectivity index (χ3n) is 2.54. The lowest BCUT2D eigenvalue weighted by molar-refractivity contribution is 0.0951. The standard InChI is InChI=1S/C13H11F2N3O/c14-9-1-2-11(15)8(5-9)6-18-13(19)10-3-4-17-7-12(10)16/h1-5,7H,6,16H2,(H,18,19). The van der Waals surface area contributed by atoms with Gasteiger partial charge in [0, 0.05) is 18.3 Å². The maximum Gasteiger partial charge on any atom is 0.253 e. The van der Waals surface area contributed by atoms with E-state index < -0.39 is 17.5 Å². The predicted octanol–water partition coefficient (Wildman–Crippen LogP) is 1.87. The van der Waals surface area contributed by atoms with Gasteiger partial charge in [-0.1, -0.05) is 0 Å². The van der Waals surface area contributed by atoms with E-state index in [2.05, 4.69) is 10.3 Å². The van der Waals surface area contributed by atoms with Crippen molar-refractivity contribution in [1.29, 1.82) is 0 Å². The summed E-state index contributed by atoms with van der Waals surface area (Å²) in [4.78, 5) is 15.6. The molecule has 0 aliphatic rings. The summed E-state index contributed by atoms with van der Waals surface area (Å²) >= 11 is 0. The van der Waals surface area contributed by atoms with Crippen LogP contribution in [-0.4, -0.2) is 10.9 Å². The summed E-state index contributed by atoms with van der Waals surface area (Å²) in [7, 11) is 0. The quantitative estimate of drug-likeness (QED) is 0.888. The molecular formula is C13H11F2N3O. The van der Waals surface area contributed by atoms with Crippen LogP contribution in [0.2, 0.25) is 0 Å². The van der Waals surface area contributed by atoms with Gasteiger partial charge in [0.05, 0.1) is 17.4 Å². The summed E-state index contributed by atoms with van der Waals surface area (Å²) in [5, 5.41) is 2.47. The Morgan fingerprint density at radius 2 is 2.11 bits per heavy atom. The molecule has 0 bridgehead atoms. The smallest absolute Gasteiger partial charge is 0.253 e. The number of rotatable bonds is 3. The number of nitrogens with two attached hydrogens (primary N) is 1. The maximum atomic E-state index is 13.3. The summed E-state index contributed by atoms with van der Waals surface area (Å²) in [5.74, 6) is -1.61. The van der Waals surface area contributed by atoms with E-state index >= 15 is 0 Å². The number of aromatic nitrogens is 1. The number of amides is 1. The molecule has 2 rings (SSSR count). The molecule has 1 heterocycles. The van der Waals surface area contributed by atoms with Crippen molar-refractivity contribution in [3.8, 4) is 0 Å². The van der Waals surface area contributed by atoms with E-state index in [9.17, 15) is 13.6 Å². The molecule has 0 aliphatic carbocycles. The molecule has 98 valence electrons. The third-order valence-corrected chi connectivity index (χ3v) is 2.54. The summed E-state index contributed by atoms with van der Waals surface area (Å²) < 4.78 is 26.3. The van der Waals surface area contributed by atoms with Crippen molar-refractivity contribution < 1.29 is 13.6 Å². The van der Waals surface area contributed by atoms with Gasteiger partial charge in [-0.2, -0.15) is 0 Å². The monoisotopic (exact) mass is 263 g/mol. The van der Waals surface area contributed by atoms with Gasteiger partial charge in [-0.3, -0.25) is 9.78 Å². The van der Waals surface area contributed by atoms with Gasteiger partial charge >= 0.3 is 0 Å². The summed E-state index contributed by atoms with van der Waals surface area (Å²) in [5.41, 5.74) is 6.12. The molecule has 6 heteroatoms. The second-order valence-electron chi connectivity index (χ2n) is 3.88. The van der Waals surface area contributed by atoms with E-state index in [1.54, 1.807) is 0 Å². The van der Waals surface area contributed by atoms with Crippen LogP contribution in [0.15, 0.2) is 36.7 Å². The van der Waals surface area contributed by atoms with Crippen LogP contribution in [0.25, 0.3) is 0 Å². The van der Waals surface area contributed by atoms with Gasteiger partial charge in [0.2, 0.25) is 0 Å². The molecule has 1 aromatic heterocycles. The lowest BCUT2D eigenvalue weighted by atomic mass is 10.2. The first-order valence-electron chi connectivity index (χ1n) is 5.49. The van der Waals surface area contributed by atoms with E-state index in [-0.39, 0.29) is 23.4 Å². The molecule has 19 heavy (non-hydrogen) atoms.